The third kappa shape index (κ3) is 3.41. The molecular formula is C18H24N4O3S. The minimum atomic E-state index is -3.07. The molecule has 2 aromatic heterocycles. The lowest BCUT2D eigenvalue weighted by atomic mass is 10.1. The number of hydrogen-bond acceptors (Lipinski definition) is 5. The average molecular weight is 376 g/mol. The highest BCUT2D eigenvalue weighted by Gasteiger charge is 2.40. The summed E-state index contributed by atoms with van der Waals surface area (Å²) in [5.41, 5.74) is 3.25. The van der Waals surface area contributed by atoms with Gasteiger partial charge in [0.1, 0.15) is 0 Å². The van der Waals surface area contributed by atoms with Gasteiger partial charge in [0.25, 0.3) is 5.56 Å². The van der Waals surface area contributed by atoms with Crippen LogP contribution in [0.5, 0.6) is 0 Å². The van der Waals surface area contributed by atoms with Gasteiger partial charge in [-0.05, 0) is 37.0 Å². The number of aryl methyl sites for hydroxylation is 1. The number of aromatic amines is 1. The number of H-pyrrole nitrogens is 1. The van der Waals surface area contributed by atoms with Gasteiger partial charge >= 0.3 is 0 Å². The molecule has 1 saturated carbocycles. The first-order valence-corrected chi connectivity index (χ1v) is 10.7. The van der Waals surface area contributed by atoms with Crippen LogP contribution in [-0.2, 0) is 23.0 Å². The predicted molar refractivity (Wildman–Crippen MR) is 101 cm³/mol. The van der Waals surface area contributed by atoms with Gasteiger partial charge in [0, 0.05) is 44.5 Å². The molecule has 0 radical (unpaired) electrons. The second-order valence-corrected chi connectivity index (χ2v) is 9.39. The first kappa shape index (κ1) is 17.6. The van der Waals surface area contributed by atoms with Crippen LogP contribution in [0.25, 0.3) is 11.0 Å². The lowest BCUT2D eigenvalue weighted by Gasteiger charge is -2.34. The van der Waals surface area contributed by atoms with Crippen LogP contribution >= 0.6 is 0 Å². The first-order valence-electron chi connectivity index (χ1n) is 9.19. The van der Waals surface area contributed by atoms with Crippen molar-refractivity contribution in [1.29, 1.82) is 0 Å². The number of nitrogens with zero attached hydrogens (tertiary/aromatic N) is 3. The maximum absolute atomic E-state index is 12.3. The Labute approximate surface area is 153 Å². The van der Waals surface area contributed by atoms with Crippen LogP contribution < -0.4 is 5.56 Å². The number of aromatic nitrogens is 2. The summed E-state index contributed by atoms with van der Waals surface area (Å²) in [4.78, 5) is 21.6. The van der Waals surface area contributed by atoms with Gasteiger partial charge in [0.2, 0.25) is 10.0 Å². The third-order valence-electron chi connectivity index (χ3n) is 5.25. The molecule has 0 unspecified atom stereocenters. The van der Waals surface area contributed by atoms with Crippen LogP contribution in [0.15, 0.2) is 23.1 Å². The van der Waals surface area contributed by atoms with Crippen molar-refractivity contribution < 1.29 is 8.42 Å². The van der Waals surface area contributed by atoms with E-state index < -0.39 is 10.0 Å². The third-order valence-corrected chi connectivity index (χ3v) is 7.65. The molecule has 1 saturated heterocycles. The van der Waals surface area contributed by atoms with Gasteiger partial charge in [0.05, 0.1) is 16.3 Å². The Balaban J connectivity index is 1.44. The zero-order chi connectivity index (χ0) is 18.3. The molecule has 0 bridgehead atoms. The number of nitrogens with one attached hydrogen (secondary N) is 1. The van der Waals surface area contributed by atoms with Gasteiger partial charge in [-0.15, -0.1) is 0 Å². The molecule has 8 heteroatoms. The molecule has 0 spiro atoms. The fraction of sp³-hybridized carbons (Fsp3) is 0.556. The molecule has 0 aromatic carbocycles. The monoisotopic (exact) mass is 376 g/mol. The molecule has 140 valence electrons. The lowest BCUT2D eigenvalue weighted by molar-refractivity contribution is 0.181. The standard InChI is InChI=1S/C18H24N4O3S/c1-2-14-10-16-17(20-18(14)23)9-13(11-19-16)12-21-5-7-22(8-6-21)26(24,25)15-3-4-15/h9-11,15H,2-8,12H2,1H3,(H,20,23). The van der Waals surface area contributed by atoms with E-state index in [0.717, 1.165) is 48.1 Å². The Hall–Kier alpha value is -1.77. The number of fused-ring (bicyclic) bond motifs is 1. The molecule has 2 aromatic rings. The Kier molecular flexibility index (Phi) is 4.58. The number of piperazine rings is 1. The van der Waals surface area contributed by atoms with Crippen molar-refractivity contribution in [2.75, 3.05) is 26.2 Å². The Morgan fingerprint density at radius 3 is 2.58 bits per heavy atom. The highest BCUT2D eigenvalue weighted by Crippen LogP contribution is 2.31. The number of hydrogen-bond donors (Lipinski definition) is 1. The molecule has 3 heterocycles. The van der Waals surface area contributed by atoms with E-state index >= 15 is 0 Å². The normalized spacial score (nSPS) is 19.9. The zero-order valence-corrected chi connectivity index (χ0v) is 15.8. The molecule has 1 aliphatic heterocycles. The molecule has 0 amide bonds. The van der Waals surface area contributed by atoms with E-state index in [1.165, 1.54) is 0 Å². The van der Waals surface area contributed by atoms with Crippen molar-refractivity contribution in [3.05, 3.63) is 39.8 Å². The molecule has 1 N–H and O–H groups in total. The Morgan fingerprint density at radius 1 is 1.19 bits per heavy atom. The summed E-state index contributed by atoms with van der Waals surface area (Å²) in [5, 5.41) is -0.136. The van der Waals surface area contributed by atoms with Gasteiger partial charge in [-0.25, -0.2) is 8.42 Å². The predicted octanol–water partition coefficient (Wildman–Crippen LogP) is 1.10. The van der Waals surface area contributed by atoms with Crippen molar-refractivity contribution in [3.8, 4) is 0 Å². The summed E-state index contributed by atoms with van der Waals surface area (Å²) in [6.07, 6.45) is 4.14. The maximum Gasteiger partial charge on any atom is 0.251 e. The van der Waals surface area contributed by atoms with E-state index in [0.29, 0.717) is 26.1 Å². The highest BCUT2D eigenvalue weighted by molar-refractivity contribution is 7.90. The molecule has 2 aliphatic rings. The molecule has 0 atom stereocenters. The van der Waals surface area contributed by atoms with E-state index in [4.69, 9.17) is 0 Å². The smallest absolute Gasteiger partial charge is 0.251 e. The Morgan fingerprint density at radius 2 is 1.92 bits per heavy atom. The van der Waals surface area contributed by atoms with Gasteiger partial charge in [0.15, 0.2) is 0 Å². The van der Waals surface area contributed by atoms with Crippen molar-refractivity contribution in [2.45, 2.75) is 38.0 Å². The van der Waals surface area contributed by atoms with Gasteiger partial charge in [-0.1, -0.05) is 6.92 Å². The number of rotatable bonds is 5. The zero-order valence-electron chi connectivity index (χ0n) is 14.9. The minimum absolute atomic E-state index is 0.0575. The van der Waals surface area contributed by atoms with Crippen LogP contribution in [-0.4, -0.2) is 59.0 Å². The van der Waals surface area contributed by atoms with Crippen LogP contribution in [0.4, 0.5) is 0 Å². The van der Waals surface area contributed by atoms with E-state index in [2.05, 4.69) is 14.9 Å². The largest absolute Gasteiger partial charge is 0.320 e. The van der Waals surface area contributed by atoms with Crippen LogP contribution in [0.2, 0.25) is 0 Å². The molecule has 7 nitrogen and oxygen atoms in total. The minimum Gasteiger partial charge on any atom is -0.320 e. The van der Waals surface area contributed by atoms with E-state index in [9.17, 15) is 13.2 Å². The summed E-state index contributed by atoms with van der Waals surface area (Å²) in [6, 6.07) is 3.82. The maximum atomic E-state index is 12.3. The average Bonchev–Trinajstić information content (AvgIpc) is 3.47. The number of pyridine rings is 2. The summed E-state index contributed by atoms with van der Waals surface area (Å²) in [5.74, 6) is 0. The van der Waals surface area contributed by atoms with Crippen molar-refractivity contribution >= 4 is 21.1 Å². The molecular weight excluding hydrogens is 352 g/mol. The van der Waals surface area contributed by atoms with E-state index in [1.807, 2.05) is 25.3 Å². The van der Waals surface area contributed by atoms with Gasteiger partial charge in [-0.3, -0.25) is 14.7 Å². The van der Waals surface area contributed by atoms with Crippen molar-refractivity contribution in [3.63, 3.8) is 0 Å². The highest BCUT2D eigenvalue weighted by atomic mass is 32.2. The topological polar surface area (TPSA) is 86.4 Å². The quantitative estimate of drug-likeness (QED) is 0.844. The molecule has 1 aliphatic carbocycles. The molecule has 2 fully saturated rings. The van der Waals surface area contributed by atoms with E-state index in [1.54, 1.807) is 4.31 Å². The second kappa shape index (κ2) is 6.75. The van der Waals surface area contributed by atoms with Crippen molar-refractivity contribution in [1.82, 2.24) is 19.2 Å². The number of sulfonamides is 1. The summed E-state index contributed by atoms with van der Waals surface area (Å²) in [6.45, 7) is 5.20. The summed E-state index contributed by atoms with van der Waals surface area (Å²) < 4.78 is 26.3. The summed E-state index contributed by atoms with van der Waals surface area (Å²) >= 11 is 0. The van der Waals surface area contributed by atoms with Crippen molar-refractivity contribution in [2.24, 2.45) is 0 Å². The SMILES string of the molecule is CCc1cc2ncc(CN3CCN(S(=O)(=O)C4CC4)CC3)cc2[nH]c1=O. The fourth-order valence-corrected chi connectivity index (χ4v) is 5.32. The van der Waals surface area contributed by atoms with Gasteiger partial charge in [-0.2, -0.15) is 4.31 Å². The summed E-state index contributed by atoms with van der Waals surface area (Å²) in [7, 11) is -3.07. The van der Waals surface area contributed by atoms with Gasteiger partial charge < -0.3 is 4.98 Å². The fourth-order valence-electron chi connectivity index (χ4n) is 3.49. The second-order valence-electron chi connectivity index (χ2n) is 7.17. The first-order chi connectivity index (χ1) is 12.5. The molecule has 4 rings (SSSR count). The van der Waals surface area contributed by atoms with E-state index in [-0.39, 0.29) is 10.8 Å². The Bertz CT molecular complexity index is 974. The van der Waals surface area contributed by atoms with Crippen LogP contribution in [0.3, 0.4) is 0 Å². The van der Waals surface area contributed by atoms with Crippen LogP contribution in [0.1, 0.15) is 30.9 Å². The molecule has 26 heavy (non-hydrogen) atoms. The van der Waals surface area contributed by atoms with Crippen LogP contribution in [0, 0.1) is 0 Å². The lowest BCUT2D eigenvalue weighted by Crippen LogP contribution is -2.49.